The molecule has 2 rings (SSSR count). The molecular weight excluding hydrogens is 208 g/mol. The Morgan fingerprint density at radius 1 is 1.24 bits per heavy atom. The summed E-state index contributed by atoms with van der Waals surface area (Å²) in [6.07, 6.45) is 8.46. The Morgan fingerprint density at radius 2 is 2.06 bits per heavy atom. The summed E-state index contributed by atoms with van der Waals surface area (Å²) in [5.74, 6) is 0. The fourth-order valence-corrected chi connectivity index (χ4v) is 2.44. The quantitative estimate of drug-likeness (QED) is 0.788. The van der Waals surface area contributed by atoms with E-state index < -0.39 is 0 Å². The van der Waals surface area contributed by atoms with Gasteiger partial charge in [-0.15, -0.1) is 0 Å². The molecule has 0 spiro atoms. The number of hydrogen-bond acceptors (Lipinski definition) is 2. The Kier molecular flexibility index (Phi) is 4.77. The van der Waals surface area contributed by atoms with E-state index >= 15 is 0 Å². The van der Waals surface area contributed by atoms with Crippen LogP contribution in [-0.2, 0) is 6.54 Å². The molecular formula is C15H22N2. The Morgan fingerprint density at radius 3 is 2.71 bits per heavy atom. The van der Waals surface area contributed by atoms with Gasteiger partial charge >= 0.3 is 0 Å². The molecule has 17 heavy (non-hydrogen) atoms. The summed E-state index contributed by atoms with van der Waals surface area (Å²) in [7, 11) is 0. The third-order valence-electron chi connectivity index (χ3n) is 3.34. The molecule has 0 radical (unpaired) electrons. The summed E-state index contributed by atoms with van der Waals surface area (Å²) >= 11 is 0. The maximum Gasteiger partial charge on any atom is 0.0282 e. The van der Waals surface area contributed by atoms with Crippen LogP contribution in [0, 0.1) is 0 Å². The van der Waals surface area contributed by atoms with Crippen molar-refractivity contribution in [3.63, 3.8) is 0 Å². The first-order valence-corrected chi connectivity index (χ1v) is 6.55. The fourth-order valence-electron chi connectivity index (χ4n) is 2.44. The molecule has 0 fully saturated rings. The van der Waals surface area contributed by atoms with Gasteiger partial charge in [-0.1, -0.05) is 42.5 Å². The summed E-state index contributed by atoms with van der Waals surface area (Å²) in [6, 6.07) is 11.2. The molecule has 1 atom stereocenters. The fraction of sp³-hybridized carbons (Fsp3) is 0.467. The molecule has 92 valence electrons. The Balaban J connectivity index is 2.01. The van der Waals surface area contributed by atoms with Gasteiger partial charge in [0.05, 0.1) is 0 Å². The van der Waals surface area contributed by atoms with Crippen molar-refractivity contribution in [2.45, 2.75) is 31.8 Å². The molecule has 0 saturated heterocycles. The second-order valence-electron chi connectivity index (χ2n) is 4.67. The van der Waals surface area contributed by atoms with Gasteiger partial charge in [0.1, 0.15) is 0 Å². The van der Waals surface area contributed by atoms with Gasteiger partial charge < -0.3 is 5.73 Å². The van der Waals surface area contributed by atoms with Gasteiger partial charge in [-0.05, 0) is 24.8 Å². The van der Waals surface area contributed by atoms with Crippen LogP contribution < -0.4 is 5.73 Å². The van der Waals surface area contributed by atoms with Crippen molar-refractivity contribution in [3.8, 4) is 0 Å². The van der Waals surface area contributed by atoms with E-state index in [-0.39, 0.29) is 0 Å². The summed E-state index contributed by atoms with van der Waals surface area (Å²) in [5, 5.41) is 0. The average molecular weight is 230 g/mol. The van der Waals surface area contributed by atoms with Crippen LogP contribution in [0.15, 0.2) is 42.5 Å². The molecule has 1 aliphatic carbocycles. The van der Waals surface area contributed by atoms with E-state index in [0.29, 0.717) is 6.04 Å². The molecule has 2 nitrogen and oxygen atoms in total. The lowest BCUT2D eigenvalue weighted by Gasteiger charge is -2.31. The van der Waals surface area contributed by atoms with E-state index in [2.05, 4.69) is 47.4 Å². The Hall–Kier alpha value is -1.12. The zero-order chi connectivity index (χ0) is 11.9. The van der Waals surface area contributed by atoms with Gasteiger partial charge in [-0.2, -0.15) is 0 Å². The van der Waals surface area contributed by atoms with Crippen LogP contribution in [0.25, 0.3) is 0 Å². The first kappa shape index (κ1) is 12.3. The van der Waals surface area contributed by atoms with Crippen LogP contribution in [0.5, 0.6) is 0 Å². The molecule has 0 saturated carbocycles. The van der Waals surface area contributed by atoms with Crippen LogP contribution in [-0.4, -0.2) is 24.0 Å². The Bertz CT molecular complexity index is 345. The van der Waals surface area contributed by atoms with Gasteiger partial charge in [-0.25, -0.2) is 0 Å². The summed E-state index contributed by atoms with van der Waals surface area (Å²) in [5.41, 5.74) is 7.10. The maximum absolute atomic E-state index is 5.72. The van der Waals surface area contributed by atoms with Crippen LogP contribution >= 0.6 is 0 Å². The molecule has 1 aliphatic rings. The summed E-state index contributed by atoms with van der Waals surface area (Å²) in [4.78, 5) is 2.49. The standard InChI is InChI=1S/C15H22N2/c16-11-12-17(15-9-5-2-6-10-15)13-14-7-3-1-4-8-14/h1,3-5,7-9,15H,2,6,10-13,16H2. The van der Waals surface area contributed by atoms with Crippen molar-refractivity contribution in [2.24, 2.45) is 5.73 Å². The lowest BCUT2D eigenvalue weighted by Crippen LogP contribution is -2.37. The predicted molar refractivity (Wildman–Crippen MR) is 72.7 cm³/mol. The Labute approximate surface area is 104 Å². The first-order chi connectivity index (χ1) is 8.40. The average Bonchev–Trinajstić information content (AvgIpc) is 2.40. The van der Waals surface area contributed by atoms with E-state index in [9.17, 15) is 0 Å². The number of nitrogens with two attached hydrogens (primary N) is 1. The molecule has 1 unspecified atom stereocenters. The molecule has 0 heterocycles. The van der Waals surface area contributed by atoms with Gasteiger partial charge in [0.25, 0.3) is 0 Å². The smallest absolute Gasteiger partial charge is 0.0282 e. The highest BCUT2D eigenvalue weighted by atomic mass is 15.2. The minimum atomic E-state index is 0.576. The summed E-state index contributed by atoms with van der Waals surface area (Å²) in [6.45, 7) is 2.72. The maximum atomic E-state index is 5.72. The highest BCUT2D eigenvalue weighted by Gasteiger charge is 2.16. The SMILES string of the molecule is NCCN(Cc1ccccc1)C1C=CCCC1. The van der Waals surface area contributed by atoms with Gasteiger partial charge in [0.15, 0.2) is 0 Å². The van der Waals surface area contributed by atoms with Crippen molar-refractivity contribution in [3.05, 3.63) is 48.0 Å². The highest BCUT2D eigenvalue weighted by molar-refractivity contribution is 5.15. The second-order valence-corrected chi connectivity index (χ2v) is 4.67. The molecule has 0 amide bonds. The summed E-state index contributed by atoms with van der Waals surface area (Å²) < 4.78 is 0. The zero-order valence-corrected chi connectivity index (χ0v) is 10.4. The number of hydrogen-bond donors (Lipinski definition) is 1. The zero-order valence-electron chi connectivity index (χ0n) is 10.4. The van der Waals surface area contributed by atoms with E-state index in [1.807, 2.05) is 0 Å². The molecule has 2 N–H and O–H groups in total. The molecule has 0 bridgehead atoms. The third-order valence-corrected chi connectivity index (χ3v) is 3.34. The topological polar surface area (TPSA) is 29.3 Å². The van der Waals surface area contributed by atoms with Crippen molar-refractivity contribution in [1.82, 2.24) is 4.90 Å². The van der Waals surface area contributed by atoms with Gasteiger partial charge in [0, 0.05) is 25.7 Å². The molecule has 2 heteroatoms. The molecule has 0 aliphatic heterocycles. The minimum absolute atomic E-state index is 0.576. The predicted octanol–water partition coefficient (Wildman–Crippen LogP) is 2.56. The van der Waals surface area contributed by atoms with Crippen molar-refractivity contribution in [2.75, 3.05) is 13.1 Å². The normalized spacial score (nSPS) is 19.8. The van der Waals surface area contributed by atoms with Crippen LogP contribution in [0.1, 0.15) is 24.8 Å². The minimum Gasteiger partial charge on any atom is -0.329 e. The number of rotatable bonds is 5. The van der Waals surface area contributed by atoms with E-state index in [1.165, 1.54) is 24.8 Å². The number of nitrogens with zero attached hydrogens (tertiary/aromatic N) is 1. The molecule has 1 aromatic rings. The van der Waals surface area contributed by atoms with Crippen LogP contribution in [0.2, 0.25) is 0 Å². The number of benzene rings is 1. The monoisotopic (exact) mass is 230 g/mol. The number of allylic oxidation sites excluding steroid dienone is 1. The van der Waals surface area contributed by atoms with E-state index in [4.69, 9.17) is 5.73 Å². The lowest BCUT2D eigenvalue weighted by molar-refractivity contribution is 0.211. The van der Waals surface area contributed by atoms with Crippen LogP contribution in [0.4, 0.5) is 0 Å². The van der Waals surface area contributed by atoms with Crippen molar-refractivity contribution in [1.29, 1.82) is 0 Å². The first-order valence-electron chi connectivity index (χ1n) is 6.55. The van der Waals surface area contributed by atoms with Crippen molar-refractivity contribution >= 4 is 0 Å². The van der Waals surface area contributed by atoms with Gasteiger partial charge in [-0.3, -0.25) is 4.90 Å². The highest BCUT2D eigenvalue weighted by Crippen LogP contribution is 2.18. The van der Waals surface area contributed by atoms with Gasteiger partial charge in [0.2, 0.25) is 0 Å². The lowest BCUT2D eigenvalue weighted by atomic mass is 10.0. The van der Waals surface area contributed by atoms with E-state index in [1.54, 1.807) is 0 Å². The van der Waals surface area contributed by atoms with Crippen LogP contribution in [0.3, 0.4) is 0 Å². The second kappa shape index (κ2) is 6.58. The third kappa shape index (κ3) is 3.69. The van der Waals surface area contributed by atoms with Crippen molar-refractivity contribution < 1.29 is 0 Å². The van der Waals surface area contributed by atoms with E-state index in [0.717, 1.165) is 19.6 Å². The molecule has 0 aromatic heterocycles. The molecule has 1 aromatic carbocycles. The largest absolute Gasteiger partial charge is 0.329 e.